The zero-order valence-electron chi connectivity index (χ0n) is 15.4. The molecular formula is C19H24ClN5OS. The number of thioether (sulfide) groups is 1. The smallest absolute Gasteiger partial charge is 0.234 e. The van der Waals surface area contributed by atoms with Crippen LogP contribution in [0.25, 0.3) is 0 Å². The van der Waals surface area contributed by atoms with E-state index < -0.39 is 0 Å². The first kappa shape index (κ1) is 18.6. The Labute approximate surface area is 168 Å². The Kier molecular flexibility index (Phi) is 5.59. The monoisotopic (exact) mass is 405 g/mol. The third-order valence-electron chi connectivity index (χ3n) is 5.00. The first-order valence-corrected chi connectivity index (χ1v) is 10.9. The second kappa shape index (κ2) is 8.10. The van der Waals surface area contributed by atoms with Crippen molar-refractivity contribution in [1.82, 2.24) is 14.8 Å². The highest BCUT2D eigenvalue weighted by Crippen LogP contribution is 2.41. The third kappa shape index (κ3) is 4.41. The Bertz CT molecular complexity index is 830. The maximum absolute atomic E-state index is 12.4. The number of piperidine rings is 1. The molecule has 1 N–H and O–H groups in total. The number of carbonyl (C=O) groups excluding carboxylic acids is 1. The van der Waals surface area contributed by atoms with Crippen LogP contribution in [0.15, 0.2) is 23.4 Å². The highest BCUT2D eigenvalue weighted by Gasteiger charge is 2.32. The van der Waals surface area contributed by atoms with Crippen LogP contribution in [0.5, 0.6) is 0 Å². The number of rotatable bonds is 6. The maximum Gasteiger partial charge on any atom is 0.234 e. The molecule has 2 heterocycles. The van der Waals surface area contributed by atoms with E-state index in [1.807, 2.05) is 19.1 Å². The van der Waals surface area contributed by atoms with Crippen molar-refractivity contribution in [2.45, 2.75) is 50.2 Å². The van der Waals surface area contributed by atoms with Gasteiger partial charge in [0.1, 0.15) is 0 Å². The summed E-state index contributed by atoms with van der Waals surface area (Å²) in [6, 6.07) is 5.99. The van der Waals surface area contributed by atoms with Gasteiger partial charge in [0.05, 0.1) is 5.75 Å². The van der Waals surface area contributed by atoms with E-state index in [4.69, 9.17) is 11.6 Å². The molecule has 6 nitrogen and oxygen atoms in total. The van der Waals surface area contributed by atoms with Crippen molar-refractivity contribution in [2.75, 3.05) is 29.1 Å². The van der Waals surface area contributed by atoms with Gasteiger partial charge in [-0.2, -0.15) is 0 Å². The summed E-state index contributed by atoms with van der Waals surface area (Å²) >= 11 is 7.48. The molecule has 1 aromatic heterocycles. The SMILES string of the molecule is Cc1ccc(Cl)cc1NC(=O)CSc1nnc(N2CCCCC2)n1C1CC1. The molecule has 0 radical (unpaired) electrons. The fraction of sp³-hybridized carbons (Fsp3) is 0.526. The Morgan fingerprint density at radius 3 is 2.78 bits per heavy atom. The van der Waals surface area contributed by atoms with E-state index in [1.54, 1.807) is 6.07 Å². The first-order chi connectivity index (χ1) is 13.1. The second-order valence-electron chi connectivity index (χ2n) is 7.23. The number of aromatic nitrogens is 3. The van der Waals surface area contributed by atoms with Crippen molar-refractivity contribution in [2.24, 2.45) is 0 Å². The molecule has 2 aromatic rings. The van der Waals surface area contributed by atoms with Gasteiger partial charge in [-0.3, -0.25) is 9.36 Å². The molecule has 0 atom stereocenters. The van der Waals surface area contributed by atoms with Gasteiger partial charge in [0, 0.05) is 29.8 Å². The summed E-state index contributed by atoms with van der Waals surface area (Å²) in [6.45, 7) is 4.04. The van der Waals surface area contributed by atoms with Gasteiger partial charge in [-0.15, -0.1) is 10.2 Å². The van der Waals surface area contributed by atoms with Crippen molar-refractivity contribution in [3.63, 3.8) is 0 Å². The lowest BCUT2D eigenvalue weighted by Crippen LogP contribution is -2.32. The first-order valence-electron chi connectivity index (χ1n) is 9.50. The minimum Gasteiger partial charge on any atom is -0.341 e. The fourth-order valence-corrected chi connectivity index (χ4v) is 4.35. The van der Waals surface area contributed by atoms with Crippen LogP contribution in [-0.2, 0) is 4.79 Å². The largest absolute Gasteiger partial charge is 0.341 e. The van der Waals surface area contributed by atoms with E-state index in [2.05, 4.69) is 25.0 Å². The highest BCUT2D eigenvalue weighted by molar-refractivity contribution is 7.99. The van der Waals surface area contributed by atoms with Gasteiger partial charge in [-0.1, -0.05) is 29.4 Å². The number of aryl methyl sites for hydroxylation is 1. The molecule has 27 heavy (non-hydrogen) atoms. The zero-order valence-corrected chi connectivity index (χ0v) is 17.0. The summed E-state index contributed by atoms with van der Waals surface area (Å²) < 4.78 is 2.24. The zero-order chi connectivity index (χ0) is 18.8. The number of halogens is 1. The van der Waals surface area contributed by atoms with Crippen molar-refractivity contribution < 1.29 is 4.79 Å². The van der Waals surface area contributed by atoms with Gasteiger partial charge in [0.25, 0.3) is 0 Å². The van der Waals surface area contributed by atoms with Gasteiger partial charge >= 0.3 is 0 Å². The van der Waals surface area contributed by atoms with Gasteiger partial charge in [-0.25, -0.2) is 0 Å². The van der Waals surface area contributed by atoms with Gasteiger partial charge < -0.3 is 10.2 Å². The topological polar surface area (TPSA) is 63.1 Å². The molecule has 0 bridgehead atoms. The van der Waals surface area contributed by atoms with Crippen LogP contribution in [0.2, 0.25) is 5.02 Å². The van der Waals surface area contributed by atoms with Crippen LogP contribution in [-0.4, -0.2) is 39.5 Å². The predicted molar refractivity (Wildman–Crippen MR) is 110 cm³/mol. The molecule has 1 aromatic carbocycles. The summed E-state index contributed by atoms with van der Waals surface area (Å²) in [7, 11) is 0. The van der Waals surface area contributed by atoms with E-state index in [0.29, 0.717) is 16.8 Å². The van der Waals surface area contributed by atoms with Crippen molar-refractivity contribution in [1.29, 1.82) is 0 Å². The summed E-state index contributed by atoms with van der Waals surface area (Å²) in [4.78, 5) is 14.8. The number of carbonyl (C=O) groups is 1. The van der Waals surface area contributed by atoms with E-state index in [-0.39, 0.29) is 5.91 Å². The molecule has 2 fully saturated rings. The minimum absolute atomic E-state index is 0.0600. The molecular weight excluding hydrogens is 382 g/mol. The van der Waals surface area contributed by atoms with Gasteiger partial charge in [0.15, 0.2) is 5.16 Å². The number of hydrogen-bond donors (Lipinski definition) is 1. The third-order valence-corrected chi connectivity index (χ3v) is 6.18. The normalized spacial score (nSPS) is 17.2. The van der Waals surface area contributed by atoms with Crippen LogP contribution in [0.3, 0.4) is 0 Å². The van der Waals surface area contributed by atoms with Crippen LogP contribution in [0, 0.1) is 6.92 Å². The molecule has 144 valence electrons. The summed E-state index contributed by atoms with van der Waals surface area (Å²) in [5.41, 5.74) is 1.75. The van der Waals surface area contributed by atoms with Crippen LogP contribution >= 0.6 is 23.4 Å². The van der Waals surface area contributed by atoms with E-state index >= 15 is 0 Å². The molecule has 1 saturated carbocycles. The predicted octanol–water partition coefficient (Wildman–Crippen LogP) is 4.30. The van der Waals surface area contributed by atoms with Gasteiger partial charge in [0.2, 0.25) is 11.9 Å². The Balaban J connectivity index is 1.42. The Morgan fingerprint density at radius 1 is 1.26 bits per heavy atom. The molecule has 8 heteroatoms. The molecule has 4 rings (SSSR count). The molecule has 0 spiro atoms. The van der Waals surface area contributed by atoms with E-state index in [9.17, 15) is 4.79 Å². The second-order valence-corrected chi connectivity index (χ2v) is 8.61. The number of nitrogens with one attached hydrogen (secondary N) is 1. The summed E-state index contributed by atoms with van der Waals surface area (Å²) in [5, 5.41) is 13.3. The number of benzene rings is 1. The minimum atomic E-state index is -0.0600. The van der Waals surface area contributed by atoms with Crippen molar-refractivity contribution in [3.8, 4) is 0 Å². The molecule has 1 aliphatic heterocycles. The molecule has 0 unspecified atom stereocenters. The summed E-state index contributed by atoms with van der Waals surface area (Å²) in [6.07, 6.45) is 6.04. The van der Waals surface area contributed by atoms with Crippen LogP contribution < -0.4 is 10.2 Å². The van der Waals surface area contributed by atoms with Crippen molar-refractivity contribution >= 4 is 40.9 Å². The lowest BCUT2D eigenvalue weighted by Gasteiger charge is -2.27. The van der Waals surface area contributed by atoms with E-state index in [0.717, 1.165) is 35.4 Å². The number of hydrogen-bond acceptors (Lipinski definition) is 5. The fourth-order valence-electron chi connectivity index (χ4n) is 3.37. The van der Waals surface area contributed by atoms with Crippen molar-refractivity contribution in [3.05, 3.63) is 28.8 Å². The average Bonchev–Trinajstić information content (AvgIpc) is 3.43. The maximum atomic E-state index is 12.4. The van der Waals surface area contributed by atoms with Gasteiger partial charge in [-0.05, 0) is 56.7 Å². The Hall–Kier alpha value is -1.73. The molecule has 2 aliphatic rings. The van der Waals surface area contributed by atoms with Crippen LogP contribution in [0.1, 0.15) is 43.7 Å². The molecule has 1 amide bonds. The number of anilines is 2. The van der Waals surface area contributed by atoms with Crippen LogP contribution in [0.4, 0.5) is 11.6 Å². The summed E-state index contributed by atoms with van der Waals surface area (Å²) in [5.74, 6) is 1.22. The highest BCUT2D eigenvalue weighted by atomic mass is 35.5. The Morgan fingerprint density at radius 2 is 2.04 bits per heavy atom. The lowest BCUT2D eigenvalue weighted by atomic mass is 10.1. The lowest BCUT2D eigenvalue weighted by molar-refractivity contribution is -0.113. The molecule has 1 saturated heterocycles. The van der Waals surface area contributed by atoms with E-state index in [1.165, 1.54) is 43.9 Å². The standard InChI is InChI=1S/C19H24ClN5OS/c1-13-5-6-14(20)11-16(13)21-17(26)12-27-19-23-22-18(25(19)15-7-8-15)24-9-3-2-4-10-24/h5-6,11,15H,2-4,7-10,12H2,1H3,(H,21,26). The quantitative estimate of drug-likeness (QED) is 0.726. The average molecular weight is 406 g/mol. The number of amides is 1. The number of nitrogens with zero attached hydrogens (tertiary/aromatic N) is 4. The molecule has 1 aliphatic carbocycles.